The summed E-state index contributed by atoms with van der Waals surface area (Å²) in [6.07, 6.45) is 1.57. The molecule has 0 aliphatic rings. The van der Waals surface area contributed by atoms with Crippen molar-refractivity contribution in [2.45, 2.75) is 0 Å². The predicted molar refractivity (Wildman–Crippen MR) is 61.3 cm³/mol. The first-order chi connectivity index (χ1) is 7.13. The summed E-state index contributed by atoms with van der Waals surface area (Å²) in [5.41, 5.74) is 0.518. The van der Waals surface area contributed by atoms with Gasteiger partial charge < -0.3 is 10.6 Å². The van der Waals surface area contributed by atoms with Gasteiger partial charge in [-0.15, -0.1) is 6.58 Å². The van der Waals surface area contributed by atoms with Crippen LogP contribution in [-0.2, 0) is 0 Å². The van der Waals surface area contributed by atoms with Crippen LogP contribution >= 0.6 is 15.9 Å². The largest absolute Gasteiger partial charge is 0.334 e. The number of benzene rings is 1. The van der Waals surface area contributed by atoms with Gasteiger partial charge in [-0.2, -0.15) is 0 Å². The first kappa shape index (κ1) is 11.7. The average molecular weight is 273 g/mol. The molecule has 2 N–H and O–H groups in total. The number of carbonyl (C=O) groups excluding carboxylic acids is 1. The van der Waals surface area contributed by atoms with Crippen molar-refractivity contribution < 1.29 is 9.18 Å². The van der Waals surface area contributed by atoms with Crippen LogP contribution in [0, 0.1) is 5.82 Å². The lowest BCUT2D eigenvalue weighted by atomic mass is 10.3. The monoisotopic (exact) mass is 272 g/mol. The van der Waals surface area contributed by atoms with E-state index in [-0.39, 0.29) is 11.8 Å². The Bertz CT molecular complexity index is 382. The number of anilines is 1. The summed E-state index contributed by atoms with van der Waals surface area (Å²) in [7, 11) is 0. The number of halogens is 2. The van der Waals surface area contributed by atoms with E-state index in [1.54, 1.807) is 6.08 Å². The Morgan fingerprint density at radius 1 is 1.60 bits per heavy atom. The molecule has 0 aliphatic heterocycles. The molecular formula is C10H10BrFN2O. The first-order valence-corrected chi connectivity index (χ1v) is 5.03. The summed E-state index contributed by atoms with van der Waals surface area (Å²) in [5, 5.41) is 5.09. The number of urea groups is 1. The molecular weight excluding hydrogens is 263 g/mol. The van der Waals surface area contributed by atoms with Gasteiger partial charge in [0.05, 0.1) is 4.47 Å². The summed E-state index contributed by atoms with van der Waals surface area (Å²) in [6, 6.07) is 3.89. The molecule has 1 rings (SSSR count). The van der Waals surface area contributed by atoms with Crippen LogP contribution in [0.4, 0.5) is 14.9 Å². The van der Waals surface area contributed by atoms with Crippen LogP contribution in [0.1, 0.15) is 0 Å². The fourth-order valence-electron chi connectivity index (χ4n) is 0.914. The van der Waals surface area contributed by atoms with Crippen LogP contribution in [-0.4, -0.2) is 12.6 Å². The Labute approximate surface area is 95.5 Å². The molecule has 0 radical (unpaired) electrons. The van der Waals surface area contributed by atoms with Gasteiger partial charge in [-0.05, 0) is 34.1 Å². The van der Waals surface area contributed by atoms with Crippen molar-refractivity contribution in [1.29, 1.82) is 0 Å². The van der Waals surface area contributed by atoms with Gasteiger partial charge in [-0.3, -0.25) is 0 Å². The fraction of sp³-hybridized carbons (Fsp3) is 0.100. The lowest BCUT2D eigenvalue weighted by molar-refractivity contribution is 0.253. The zero-order valence-electron chi connectivity index (χ0n) is 7.89. The quantitative estimate of drug-likeness (QED) is 0.817. The third kappa shape index (κ3) is 3.71. The second-order valence-corrected chi connectivity index (χ2v) is 3.61. The maximum absolute atomic E-state index is 12.9. The van der Waals surface area contributed by atoms with Crippen molar-refractivity contribution in [2.75, 3.05) is 11.9 Å². The zero-order valence-corrected chi connectivity index (χ0v) is 9.47. The van der Waals surface area contributed by atoms with Gasteiger partial charge in [0.15, 0.2) is 0 Å². The van der Waals surface area contributed by atoms with Crippen molar-refractivity contribution in [3.05, 3.63) is 41.1 Å². The van der Waals surface area contributed by atoms with Crippen LogP contribution in [0.15, 0.2) is 35.3 Å². The zero-order chi connectivity index (χ0) is 11.3. The lowest BCUT2D eigenvalue weighted by Gasteiger charge is -2.06. The van der Waals surface area contributed by atoms with E-state index >= 15 is 0 Å². The molecule has 0 aliphatic carbocycles. The van der Waals surface area contributed by atoms with E-state index in [0.717, 1.165) is 0 Å². The maximum Gasteiger partial charge on any atom is 0.319 e. The van der Waals surface area contributed by atoms with E-state index < -0.39 is 0 Å². The van der Waals surface area contributed by atoms with Crippen molar-refractivity contribution in [3.8, 4) is 0 Å². The van der Waals surface area contributed by atoms with Crippen molar-refractivity contribution in [2.24, 2.45) is 0 Å². The molecule has 0 fully saturated rings. The highest BCUT2D eigenvalue weighted by Crippen LogP contribution is 2.19. The molecule has 0 atom stereocenters. The van der Waals surface area contributed by atoms with Gasteiger partial charge in [-0.25, -0.2) is 9.18 Å². The fourth-order valence-corrected chi connectivity index (χ4v) is 1.29. The van der Waals surface area contributed by atoms with Gasteiger partial charge in [0.1, 0.15) is 5.82 Å². The van der Waals surface area contributed by atoms with E-state index in [4.69, 9.17) is 0 Å². The number of nitrogens with one attached hydrogen (secondary N) is 2. The van der Waals surface area contributed by atoms with Gasteiger partial charge in [0.2, 0.25) is 0 Å². The third-order valence-electron chi connectivity index (χ3n) is 1.58. The standard InChI is InChI=1S/C10H10BrFN2O/c1-2-5-13-10(15)14-7-3-4-9(12)8(11)6-7/h2-4,6H,1,5H2,(H2,13,14,15). The molecule has 80 valence electrons. The summed E-state index contributed by atoms with van der Waals surface area (Å²) in [4.78, 5) is 11.2. The lowest BCUT2D eigenvalue weighted by Crippen LogP contribution is -2.28. The smallest absolute Gasteiger partial charge is 0.319 e. The van der Waals surface area contributed by atoms with Crippen molar-refractivity contribution in [3.63, 3.8) is 0 Å². The first-order valence-electron chi connectivity index (χ1n) is 4.24. The van der Waals surface area contributed by atoms with E-state index in [9.17, 15) is 9.18 Å². The van der Waals surface area contributed by atoms with E-state index in [2.05, 4.69) is 33.1 Å². The third-order valence-corrected chi connectivity index (χ3v) is 2.19. The molecule has 0 heterocycles. The highest BCUT2D eigenvalue weighted by atomic mass is 79.9. The van der Waals surface area contributed by atoms with E-state index in [1.165, 1.54) is 18.2 Å². The molecule has 2 amide bonds. The molecule has 1 aromatic rings. The SMILES string of the molecule is C=CCNC(=O)Nc1ccc(F)c(Br)c1. The molecule has 0 unspecified atom stereocenters. The van der Waals surface area contributed by atoms with Crippen molar-refractivity contribution >= 4 is 27.6 Å². The van der Waals surface area contributed by atoms with E-state index in [0.29, 0.717) is 16.7 Å². The Hall–Kier alpha value is -1.36. The topological polar surface area (TPSA) is 41.1 Å². The number of rotatable bonds is 3. The number of carbonyl (C=O) groups is 1. The van der Waals surface area contributed by atoms with Crippen LogP contribution < -0.4 is 10.6 Å². The van der Waals surface area contributed by atoms with Crippen LogP contribution in [0.5, 0.6) is 0 Å². The molecule has 15 heavy (non-hydrogen) atoms. The van der Waals surface area contributed by atoms with Gasteiger partial charge in [0, 0.05) is 12.2 Å². The summed E-state index contributed by atoms with van der Waals surface area (Å²) >= 11 is 3.03. The average Bonchev–Trinajstić information content (AvgIpc) is 2.20. The van der Waals surface area contributed by atoms with Crippen LogP contribution in [0.25, 0.3) is 0 Å². The number of amides is 2. The van der Waals surface area contributed by atoms with Crippen molar-refractivity contribution in [1.82, 2.24) is 5.32 Å². The normalized spacial score (nSPS) is 9.47. The Kier molecular flexibility index (Phi) is 4.30. The van der Waals surface area contributed by atoms with E-state index in [1.807, 2.05) is 0 Å². The summed E-state index contributed by atoms with van der Waals surface area (Å²) in [5.74, 6) is -0.368. The van der Waals surface area contributed by atoms with Gasteiger partial charge in [-0.1, -0.05) is 6.08 Å². The highest BCUT2D eigenvalue weighted by Gasteiger charge is 2.03. The molecule has 0 aromatic heterocycles. The molecule has 0 spiro atoms. The molecule has 3 nitrogen and oxygen atoms in total. The van der Waals surface area contributed by atoms with Crippen LogP contribution in [0.2, 0.25) is 0 Å². The minimum Gasteiger partial charge on any atom is -0.334 e. The molecule has 0 saturated heterocycles. The molecule has 0 bridgehead atoms. The minimum atomic E-state index is -0.368. The molecule has 0 saturated carbocycles. The molecule has 5 heteroatoms. The van der Waals surface area contributed by atoms with Gasteiger partial charge >= 0.3 is 6.03 Å². The Balaban J connectivity index is 2.60. The summed E-state index contributed by atoms with van der Waals surface area (Å²) < 4.78 is 13.2. The maximum atomic E-state index is 12.9. The Morgan fingerprint density at radius 3 is 2.93 bits per heavy atom. The molecule has 1 aromatic carbocycles. The minimum absolute atomic E-state index is 0.309. The summed E-state index contributed by atoms with van der Waals surface area (Å²) in [6.45, 7) is 3.85. The van der Waals surface area contributed by atoms with Crippen LogP contribution in [0.3, 0.4) is 0 Å². The predicted octanol–water partition coefficient (Wildman–Crippen LogP) is 2.90. The second-order valence-electron chi connectivity index (χ2n) is 2.75. The number of hydrogen-bond donors (Lipinski definition) is 2. The number of hydrogen-bond acceptors (Lipinski definition) is 1. The highest BCUT2D eigenvalue weighted by molar-refractivity contribution is 9.10. The second kappa shape index (κ2) is 5.50. The van der Waals surface area contributed by atoms with Gasteiger partial charge in [0.25, 0.3) is 0 Å². The Morgan fingerprint density at radius 2 is 2.33 bits per heavy atom.